The molecule has 0 saturated carbocycles. The third kappa shape index (κ3) is 3.49. The Balaban J connectivity index is 2.50. The van der Waals surface area contributed by atoms with Gasteiger partial charge in [0.1, 0.15) is 0 Å². The van der Waals surface area contributed by atoms with Gasteiger partial charge < -0.3 is 5.11 Å². The summed E-state index contributed by atoms with van der Waals surface area (Å²) < 4.78 is 26.5. The highest BCUT2D eigenvalue weighted by Gasteiger charge is 2.25. The van der Waals surface area contributed by atoms with E-state index in [2.05, 4.69) is 0 Å². The lowest BCUT2D eigenvalue weighted by atomic mass is 10.3. The van der Waals surface area contributed by atoms with Crippen molar-refractivity contribution in [2.45, 2.75) is 4.90 Å². The molecule has 112 valence electrons. The second-order valence-electron chi connectivity index (χ2n) is 4.21. The molecule has 0 aliphatic rings. The molecule has 0 unspecified atom stereocenters. The molecule has 0 amide bonds. The molecule has 0 aliphatic heterocycles. The minimum absolute atomic E-state index is 0.0224. The third-order valence-corrected chi connectivity index (χ3v) is 5.39. The van der Waals surface area contributed by atoms with Crippen LogP contribution in [0.15, 0.2) is 53.4 Å². The molecule has 1 N–H and O–H groups in total. The second kappa shape index (κ2) is 6.66. The van der Waals surface area contributed by atoms with Crippen molar-refractivity contribution in [3.8, 4) is 0 Å². The van der Waals surface area contributed by atoms with E-state index in [0.29, 0.717) is 5.69 Å². The lowest BCUT2D eigenvalue weighted by Gasteiger charge is -2.23. The van der Waals surface area contributed by atoms with Gasteiger partial charge in [0.25, 0.3) is 10.0 Å². The molecule has 2 aromatic carbocycles. The van der Waals surface area contributed by atoms with Gasteiger partial charge in [0.2, 0.25) is 0 Å². The van der Waals surface area contributed by atoms with Crippen molar-refractivity contribution >= 4 is 38.9 Å². The Morgan fingerprint density at radius 2 is 1.67 bits per heavy atom. The van der Waals surface area contributed by atoms with Crippen molar-refractivity contribution in [3.05, 3.63) is 58.6 Å². The van der Waals surface area contributed by atoms with Crippen molar-refractivity contribution < 1.29 is 13.5 Å². The minimum atomic E-state index is -3.83. The lowest BCUT2D eigenvalue weighted by molar-refractivity contribution is 0.306. The molecule has 4 nitrogen and oxygen atoms in total. The van der Waals surface area contributed by atoms with Crippen LogP contribution < -0.4 is 4.31 Å². The number of hydrogen-bond acceptors (Lipinski definition) is 3. The zero-order valence-electron chi connectivity index (χ0n) is 10.9. The lowest BCUT2D eigenvalue weighted by Crippen LogP contribution is -2.33. The zero-order chi connectivity index (χ0) is 15.5. The van der Waals surface area contributed by atoms with E-state index in [9.17, 15) is 8.42 Å². The van der Waals surface area contributed by atoms with Crippen molar-refractivity contribution in [3.63, 3.8) is 0 Å². The number of para-hydroxylation sites is 1. The number of benzene rings is 2. The van der Waals surface area contributed by atoms with Gasteiger partial charge in [-0.3, -0.25) is 4.31 Å². The first kappa shape index (κ1) is 16.1. The molecule has 0 radical (unpaired) electrons. The molecule has 21 heavy (non-hydrogen) atoms. The van der Waals surface area contributed by atoms with Gasteiger partial charge in [0.15, 0.2) is 0 Å². The Labute approximate surface area is 133 Å². The number of nitrogens with zero attached hydrogens (tertiary/aromatic N) is 1. The number of aliphatic hydroxyl groups is 1. The Bertz CT molecular complexity index is 720. The summed E-state index contributed by atoms with van der Waals surface area (Å²) >= 11 is 11.7. The van der Waals surface area contributed by atoms with Gasteiger partial charge in [-0.1, -0.05) is 41.4 Å². The molecule has 0 aromatic heterocycles. The minimum Gasteiger partial charge on any atom is -0.394 e. The monoisotopic (exact) mass is 345 g/mol. The van der Waals surface area contributed by atoms with Gasteiger partial charge in [-0.15, -0.1) is 0 Å². The fraction of sp³-hybridized carbons (Fsp3) is 0.143. The summed E-state index contributed by atoms with van der Waals surface area (Å²) in [4.78, 5) is 0.0224. The maximum Gasteiger partial charge on any atom is 0.264 e. The predicted molar refractivity (Wildman–Crippen MR) is 84.5 cm³/mol. The van der Waals surface area contributed by atoms with E-state index in [-0.39, 0.29) is 28.1 Å². The number of hydrogen-bond donors (Lipinski definition) is 1. The van der Waals surface area contributed by atoms with E-state index in [1.54, 1.807) is 30.3 Å². The van der Waals surface area contributed by atoms with Crippen molar-refractivity contribution in [2.75, 3.05) is 17.5 Å². The molecule has 0 heterocycles. The summed E-state index contributed by atoms with van der Waals surface area (Å²) in [5.74, 6) is 0. The first-order valence-electron chi connectivity index (χ1n) is 6.10. The van der Waals surface area contributed by atoms with E-state index in [1.165, 1.54) is 18.2 Å². The highest BCUT2D eigenvalue weighted by molar-refractivity contribution is 7.92. The van der Waals surface area contributed by atoms with Crippen molar-refractivity contribution in [1.82, 2.24) is 0 Å². The zero-order valence-corrected chi connectivity index (χ0v) is 13.2. The smallest absolute Gasteiger partial charge is 0.264 e. The van der Waals surface area contributed by atoms with Crippen LogP contribution in [-0.4, -0.2) is 26.7 Å². The normalized spacial score (nSPS) is 11.4. The Morgan fingerprint density at radius 3 is 2.24 bits per heavy atom. The van der Waals surface area contributed by atoms with Gasteiger partial charge in [0, 0.05) is 0 Å². The van der Waals surface area contributed by atoms with Crippen molar-refractivity contribution in [2.24, 2.45) is 0 Å². The summed E-state index contributed by atoms with van der Waals surface area (Å²) in [7, 11) is -3.83. The average molecular weight is 346 g/mol. The maximum absolute atomic E-state index is 12.7. The third-order valence-electron chi connectivity index (χ3n) is 2.83. The SMILES string of the molecule is O=S(=O)(c1ccc(Cl)c(Cl)c1)N(CCO)c1ccccc1. The molecule has 0 atom stereocenters. The van der Waals surface area contributed by atoms with Crippen LogP contribution in [0.4, 0.5) is 5.69 Å². The average Bonchev–Trinajstić information content (AvgIpc) is 2.48. The van der Waals surface area contributed by atoms with Crippen LogP contribution in [0.25, 0.3) is 0 Å². The summed E-state index contributed by atoms with van der Waals surface area (Å²) in [5, 5.41) is 9.60. The molecule has 2 rings (SSSR count). The maximum atomic E-state index is 12.7. The van der Waals surface area contributed by atoms with Gasteiger partial charge >= 0.3 is 0 Å². The van der Waals surface area contributed by atoms with Crippen molar-refractivity contribution in [1.29, 1.82) is 0 Å². The number of rotatable bonds is 5. The van der Waals surface area contributed by atoms with Crippen LogP contribution in [0, 0.1) is 0 Å². The van der Waals surface area contributed by atoms with Crippen LogP contribution in [0.5, 0.6) is 0 Å². The Kier molecular flexibility index (Phi) is 5.11. The highest BCUT2D eigenvalue weighted by Crippen LogP contribution is 2.28. The largest absolute Gasteiger partial charge is 0.394 e. The van der Waals surface area contributed by atoms with E-state index < -0.39 is 10.0 Å². The van der Waals surface area contributed by atoms with Gasteiger partial charge in [0.05, 0.1) is 33.8 Å². The molecule has 0 spiro atoms. The summed E-state index contributed by atoms with van der Waals surface area (Å²) in [5.41, 5.74) is 0.470. The molecular weight excluding hydrogens is 333 g/mol. The first-order valence-corrected chi connectivity index (χ1v) is 8.30. The molecule has 7 heteroatoms. The number of aliphatic hydroxyl groups excluding tert-OH is 1. The van der Waals surface area contributed by atoms with Crippen LogP contribution in [0.2, 0.25) is 10.0 Å². The topological polar surface area (TPSA) is 57.6 Å². The molecule has 0 saturated heterocycles. The van der Waals surface area contributed by atoms with E-state index in [1.807, 2.05) is 0 Å². The number of anilines is 1. The second-order valence-corrected chi connectivity index (χ2v) is 6.89. The Morgan fingerprint density at radius 1 is 1.00 bits per heavy atom. The molecule has 0 bridgehead atoms. The van der Waals surface area contributed by atoms with E-state index >= 15 is 0 Å². The predicted octanol–water partition coefficient (Wildman–Crippen LogP) is 3.18. The van der Waals surface area contributed by atoms with Crippen LogP contribution in [0.3, 0.4) is 0 Å². The van der Waals surface area contributed by atoms with Gasteiger partial charge in [-0.05, 0) is 30.3 Å². The summed E-state index contributed by atoms with van der Waals surface area (Å²) in [6.07, 6.45) is 0. The number of sulfonamides is 1. The fourth-order valence-electron chi connectivity index (χ4n) is 1.84. The van der Waals surface area contributed by atoms with Crippen LogP contribution in [-0.2, 0) is 10.0 Å². The highest BCUT2D eigenvalue weighted by atomic mass is 35.5. The van der Waals surface area contributed by atoms with Gasteiger partial charge in [-0.25, -0.2) is 8.42 Å². The molecule has 0 fully saturated rings. The fourth-order valence-corrected chi connectivity index (χ4v) is 3.68. The molecule has 0 aliphatic carbocycles. The quantitative estimate of drug-likeness (QED) is 0.905. The van der Waals surface area contributed by atoms with Crippen LogP contribution >= 0.6 is 23.2 Å². The summed E-state index contributed by atoms with van der Waals surface area (Å²) in [6.45, 7) is -0.345. The summed E-state index contributed by atoms with van der Waals surface area (Å²) in [6, 6.07) is 12.7. The molecule has 2 aromatic rings. The Hall–Kier alpha value is -1.27. The van der Waals surface area contributed by atoms with E-state index in [0.717, 1.165) is 4.31 Å². The number of halogens is 2. The first-order chi connectivity index (χ1) is 9.96. The standard InChI is InChI=1S/C14H13Cl2NO3S/c15-13-7-6-12(10-14(13)16)21(19,20)17(8-9-18)11-4-2-1-3-5-11/h1-7,10,18H,8-9H2. The van der Waals surface area contributed by atoms with E-state index in [4.69, 9.17) is 28.3 Å². The molecular formula is C14H13Cl2NO3S. The van der Waals surface area contributed by atoms with Crippen LogP contribution in [0.1, 0.15) is 0 Å². The van der Waals surface area contributed by atoms with Gasteiger partial charge in [-0.2, -0.15) is 0 Å².